The molecular formula is C50H50Si2. The van der Waals surface area contributed by atoms with Crippen molar-refractivity contribution in [1.29, 1.82) is 0 Å². The summed E-state index contributed by atoms with van der Waals surface area (Å²) < 4.78 is 0. The monoisotopic (exact) mass is 706 g/mol. The van der Waals surface area contributed by atoms with Crippen LogP contribution in [-0.2, 0) is 0 Å². The number of rotatable bonds is 6. The molecule has 0 aliphatic rings. The maximum atomic E-state index is 4.07. The normalized spacial score (nSPS) is 12.2. The molecule has 7 aromatic rings. The Kier molecular flexibility index (Phi) is 9.76. The average Bonchev–Trinajstić information content (AvgIpc) is 3.13. The maximum absolute atomic E-state index is 4.07. The van der Waals surface area contributed by atoms with Gasteiger partial charge in [0.15, 0.2) is 16.1 Å². The Morgan fingerprint density at radius 3 is 1.21 bits per heavy atom. The van der Waals surface area contributed by atoms with Crippen molar-refractivity contribution in [3.8, 4) is 22.9 Å². The SMILES string of the molecule is CC(C)[Si](C#Cc1cc(C#C[Si](c2ccccc2)(C(C)C)C(C)C)c2cc3cc4cc5ccccc5cc4cc3cc2c1)(c1ccccc1)C(C)C. The van der Waals surface area contributed by atoms with Crippen LogP contribution in [0.5, 0.6) is 0 Å². The van der Waals surface area contributed by atoms with Crippen molar-refractivity contribution in [3.05, 3.63) is 145 Å². The summed E-state index contributed by atoms with van der Waals surface area (Å²) in [5.41, 5.74) is 12.1. The lowest BCUT2D eigenvalue weighted by Crippen LogP contribution is -2.52. The first-order valence-corrected chi connectivity index (χ1v) is 23.4. The minimum Gasteiger partial charge on any atom is -0.120 e. The van der Waals surface area contributed by atoms with Crippen LogP contribution in [-0.4, -0.2) is 16.1 Å². The van der Waals surface area contributed by atoms with Gasteiger partial charge in [-0.2, -0.15) is 0 Å². The molecule has 0 nitrogen and oxygen atoms in total. The number of hydrogen-bond donors (Lipinski definition) is 0. The highest BCUT2D eigenvalue weighted by atomic mass is 28.3. The zero-order chi connectivity index (χ0) is 36.6. The smallest absolute Gasteiger partial charge is 0.120 e. The first-order valence-electron chi connectivity index (χ1n) is 19.0. The van der Waals surface area contributed by atoms with E-state index in [0.717, 1.165) is 11.1 Å². The van der Waals surface area contributed by atoms with Gasteiger partial charge in [0.2, 0.25) is 0 Å². The summed E-state index contributed by atoms with van der Waals surface area (Å²) >= 11 is 0. The third-order valence-corrected chi connectivity index (χ3v) is 22.6. The molecule has 0 unspecified atom stereocenters. The van der Waals surface area contributed by atoms with Gasteiger partial charge in [0.1, 0.15) is 0 Å². The van der Waals surface area contributed by atoms with Crippen LogP contribution < -0.4 is 10.4 Å². The van der Waals surface area contributed by atoms with Gasteiger partial charge in [-0.05, 0) is 124 Å². The molecule has 0 bridgehead atoms. The van der Waals surface area contributed by atoms with E-state index < -0.39 is 16.1 Å². The Labute approximate surface area is 313 Å². The second-order valence-electron chi connectivity index (χ2n) is 15.9. The third kappa shape index (κ3) is 6.30. The van der Waals surface area contributed by atoms with Crippen molar-refractivity contribution in [2.24, 2.45) is 0 Å². The molecule has 0 aliphatic carbocycles. The summed E-state index contributed by atoms with van der Waals surface area (Å²) in [7, 11) is -4.45. The quantitative estimate of drug-likeness (QED) is 0.0917. The molecule has 0 aliphatic heterocycles. The van der Waals surface area contributed by atoms with Gasteiger partial charge in [0.25, 0.3) is 0 Å². The predicted octanol–water partition coefficient (Wildman–Crippen LogP) is 12.4. The summed E-state index contributed by atoms with van der Waals surface area (Å²) in [6, 6.07) is 49.6. The van der Waals surface area contributed by atoms with E-state index in [1.165, 1.54) is 53.5 Å². The molecule has 0 atom stereocenters. The Morgan fingerprint density at radius 2 is 0.750 bits per heavy atom. The average molecular weight is 707 g/mol. The molecule has 0 radical (unpaired) electrons. The summed E-state index contributed by atoms with van der Waals surface area (Å²) in [6.07, 6.45) is 0. The van der Waals surface area contributed by atoms with Gasteiger partial charge >= 0.3 is 0 Å². The van der Waals surface area contributed by atoms with E-state index >= 15 is 0 Å². The molecule has 0 saturated carbocycles. The molecule has 0 aromatic heterocycles. The third-order valence-electron chi connectivity index (χ3n) is 11.7. The summed E-state index contributed by atoms with van der Waals surface area (Å²) in [4.78, 5) is 0. The van der Waals surface area contributed by atoms with Crippen LogP contribution >= 0.6 is 0 Å². The van der Waals surface area contributed by atoms with Crippen LogP contribution in [0.1, 0.15) is 66.5 Å². The molecule has 7 rings (SSSR count). The first kappa shape index (κ1) is 35.5. The molecule has 2 heteroatoms. The van der Waals surface area contributed by atoms with Gasteiger partial charge in [-0.25, -0.2) is 0 Å². The molecule has 0 spiro atoms. The second-order valence-corrected chi connectivity index (χ2v) is 25.7. The van der Waals surface area contributed by atoms with Gasteiger partial charge < -0.3 is 0 Å². The Morgan fingerprint density at radius 1 is 0.365 bits per heavy atom. The number of benzene rings is 7. The topological polar surface area (TPSA) is 0 Å². The highest BCUT2D eigenvalue weighted by Crippen LogP contribution is 2.35. The lowest BCUT2D eigenvalue weighted by atomic mass is 9.95. The fourth-order valence-electron chi connectivity index (χ4n) is 8.89. The van der Waals surface area contributed by atoms with E-state index in [-0.39, 0.29) is 0 Å². The molecule has 0 saturated heterocycles. The van der Waals surface area contributed by atoms with Gasteiger partial charge in [-0.1, -0.05) is 152 Å². The maximum Gasteiger partial charge on any atom is 0.174 e. The molecule has 52 heavy (non-hydrogen) atoms. The fourth-order valence-corrected chi connectivity index (χ4v) is 17.9. The van der Waals surface area contributed by atoms with Gasteiger partial charge in [-0.3, -0.25) is 0 Å². The Hall–Kier alpha value is -4.87. The zero-order valence-electron chi connectivity index (χ0n) is 32.0. The van der Waals surface area contributed by atoms with Crippen molar-refractivity contribution < 1.29 is 0 Å². The highest BCUT2D eigenvalue weighted by molar-refractivity contribution is 7.00. The highest BCUT2D eigenvalue weighted by Gasteiger charge is 2.41. The summed E-state index contributed by atoms with van der Waals surface area (Å²) in [6.45, 7) is 19.0. The van der Waals surface area contributed by atoms with E-state index in [1.54, 1.807) is 0 Å². The van der Waals surface area contributed by atoms with E-state index in [1.807, 2.05) is 0 Å². The summed E-state index contributed by atoms with van der Waals surface area (Å²) in [5, 5.41) is 12.8. The molecule has 0 N–H and O–H groups in total. The second kappa shape index (κ2) is 14.3. The molecule has 258 valence electrons. The standard InChI is InChI=1S/C50H50Si2/c1-35(2)51(36(3)4,48-19-11-9-12-20-48)25-23-39-27-42(24-26-52(37(5)6,38(7)8)49-21-13-10-14-22-49)50-34-46-32-44-30-41-18-16-15-17-40(41)29-43(44)31-45(46)33-47(50)28-39/h9-22,27-38H,1-8H3. The van der Waals surface area contributed by atoms with E-state index in [0.29, 0.717) is 22.2 Å². The lowest BCUT2D eigenvalue weighted by molar-refractivity contribution is 0.931. The van der Waals surface area contributed by atoms with Gasteiger partial charge in [0, 0.05) is 11.1 Å². The lowest BCUT2D eigenvalue weighted by Gasteiger charge is -2.34. The van der Waals surface area contributed by atoms with Crippen molar-refractivity contribution in [2.45, 2.75) is 77.6 Å². The van der Waals surface area contributed by atoms with Crippen molar-refractivity contribution in [3.63, 3.8) is 0 Å². The van der Waals surface area contributed by atoms with E-state index in [4.69, 9.17) is 0 Å². The molecule has 0 amide bonds. The van der Waals surface area contributed by atoms with Crippen LogP contribution in [0.3, 0.4) is 0 Å². The number of hydrogen-bond acceptors (Lipinski definition) is 0. The summed E-state index contributed by atoms with van der Waals surface area (Å²) in [5.74, 6) is 7.69. The van der Waals surface area contributed by atoms with Crippen LogP contribution in [0.25, 0.3) is 43.1 Å². The van der Waals surface area contributed by atoms with Crippen LogP contribution in [0.2, 0.25) is 22.2 Å². The molecule has 0 fully saturated rings. The fraction of sp³-hybridized carbons (Fsp3) is 0.240. The minimum absolute atomic E-state index is 0.466. The Bertz CT molecular complexity index is 2520. The van der Waals surface area contributed by atoms with Crippen LogP contribution in [0, 0.1) is 22.9 Å². The van der Waals surface area contributed by atoms with E-state index in [2.05, 4.69) is 212 Å². The van der Waals surface area contributed by atoms with Gasteiger partial charge in [0.05, 0.1) is 0 Å². The number of fused-ring (bicyclic) bond motifs is 4. The first-order chi connectivity index (χ1) is 25.0. The van der Waals surface area contributed by atoms with Crippen molar-refractivity contribution >= 4 is 69.6 Å². The van der Waals surface area contributed by atoms with Crippen molar-refractivity contribution in [2.75, 3.05) is 0 Å². The van der Waals surface area contributed by atoms with Gasteiger partial charge in [-0.15, -0.1) is 11.1 Å². The van der Waals surface area contributed by atoms with Crippen LogP contribution in [0.15, 0.2) is 133 Å². The van der Waals surface area contributed by atoms with Crippen molar-refractivity contribution in [1.82, 2.24) is 0 Å². The molecule has 7 aromatic carbocycles. The molecular weight excluding hydrogens is 657 g/mol. The predicted molar refractivity (Wildman–Crippen MR) is 234 cm³/mol. The zero-order valence-corrected chi connectivity index (χ0v) is 34.0. The minimum atomic E-state index is -2.24. The largest absolute Gasteiger partial charge is 0.174 e. The van der Waals surface area contributed by atoms with Crippen LogP contribution in [0.4, 0.5) is 0 Å². The molecule has 0 heterocycles. The van der Waals surface area contributed by atoms with E-state index in [9.17, 15) is 0 Å². The Balaban J connectivity index is 1.50.